The Morgan fingerprint density at radius 1 is 1.20 bits per heavy atom. The maximum Gasteiger partial charge on any atom is 0.271 e. The molecule has 0 spiro atoms. The van der Waals surface area contributed by atoms with Crippen LogP contribution in [0.2, 0.25) is 10.0 Å². The van der Waals surface area contributed by atoms with Crippen LogP contribution in [0.15, 0.2) is 41.3 Å². The highest BCUT2D eigenvalue weighted by atomic mass is 35.5. The van der Waals surface area contributed by atoms with Crippen LogP contribution in [0.25, 0.3) is 0 Å². The van der Waals surface area contributed by atoms with Crippen LogP contribution in [0.1, 0.15) is 6.92 Å². The fraction of sp³-hybridized carbons (Fsp3) is 0.200. The largest absolute Gasteiger partial charge is 0.495 e. The van der Waals surface area contributed by atoms with Crippen molar-refractivity contribution in [3.63, 3.8) is 0 Å². The second-order valence-corrected chi connectivity index (χ2v) is 7.43. The molecule has 0 saturated carbocycles. The number of rotatable bonds is 6. The molecular formula is C15H14Cl2N2O5S. The molecule has 2 aromatic carbocycles. The third-order valence-corrected chi connectivity index (χ3v) is 6.34. The summed E-state index contributed by atoms with van der Waals surface area (Å²) in [5.74, 6) is 0.240. The summed E-state index contributed by atoms with van der Waals surface area (Å²) in [4.78, 5) is 10.1. The third kappa shape index (κ3) is 3.65. The van der Waals surface area contributed by atoms with Crippen LogP contribution < -0.4 is 9.04 Å². The van der Waals surface area contributed by atoms with E-state index in [0.29, 0.717) is 0 Å². The Bertz CT molecular complexity index is 918. The van der Waals surface area contributed by atoms with Gasteiger partial charge in [0.25, 0.3) is 15.7 Å². The third-order valence-electron chi connectivity index (χ3n) is 3.42. The van der Waals surface area contributed by atoms with Gasteiger partial charge in [0.1, 0.15) is 15.7 Å². The van der Waals surface area contributed by atoms with E-state index >= 15 is 0 Å². The van der Waals surface area contributed by atoms with Crippen molar-refractivity contribution in [2.24, 2.45) is 0 Å². The van der Waals surface area contributed by atoms with Crippen molar-refractivity contribution in [1.82, 2.24) is 0 Å². The van der Waals surface area contributed by atoms with Gasteiger partial charge in [-0.25, -0.2) is 8.42 Å². The highest BCUT2D eigenvalue weighted by Crippen LogP contribution is 2.38. The number of nitro groups is 1. The van der Waals surface area contributed by atoms with Gasteiger partial charge in [0.05, 0.1) is 22.7 Å². The number of nitro benzene ring substituents is 1. The first-order valence-electron chi connectivity index (χ1n) is 7.03. The summed E-state index contributed by atoms with van der Waals surface area (Å²) < 4.78 is 32.0. The molecule has 134 valence electrons. The summed E-state index contributed by atoms with van der Waals surface area (Å²) in [6.45, 7) is 1.65. The topological polar surface area (TPSA) is 89.8 Å². The van der Waals surface area contributed by atoms with Gasteiger partial charge in [0, 0.05) is 18.7 Å². The first kappa shape index (κ1) is 19.3. The maximum absolute atomic E-state index is 13.0. The minimum absolute atomic E-state index is 0.0275. The van der Waals surface area contributed by atoms with Crippen LogP contribution in [-0.4, -0.2) is 27.0 Å². The predicted octanol–water partition coefficient (Wildman–Crippen LogP) is 4.13. The molecular weight excluding hydrogens is 391 g/mol. The fourth-order valence-corrected chi connectivity index (χ4v) is 4.53. The number of ether oxygens (including phenoxy) is 1. The van der Waals surface area contributed by atoms with Crippen molar-refractivity contribution >= 4 is 44.6 Å². The van der Waals surface area contributed by atoms with Gasteiger partial charge in [-0.1, -0.05) is 29.3 Å². The van der Waals surface area contributed by atoms with Crippen molar-refractivity contribution in [1.29, 1.82) is 0 Å². The second kappa shape index (κ2) is 7.47. The van der Waals surface area contributed by atoms with E-state index in [2.05, 4.69) is 0 Å². The first-order chi connectivity index (χ1) is 11.7. The van der Waals surface area contributed by atoms with E-state index in [4.69, 9.17) is 27.9 Å². The number of sulfonamides is 1. The molecule has 0 heterocycles. The Kier molecular flexibility index (Phi) is 5.76. The highest BCUT2D eigenvalue weighted by Gasteiger charge is 2.29. The van der Waals surface area contributed by atoms with Crippen LogP contribution in [0, 0.1) is 10.1 Å². The summed E-state index contributed by atoms with van der Waals surface area (Å²) in [7, 11) is -2.70. The van der Waals surface area contributed by atoms with Gasteiger partial charge in [-0.05, 0) is 25.1 Å². The van der Waals surface area contributed by atoms with Gasteiger partial charge >= 0.3 is 0 Å². The summed E-state index contributed by atoms with van der Waals surface area (Å²) in [6, 6.07) is 8.01. The number of non-ortho nitro benzene ring substituents is 1. The predicted molar refractivity (Wildman–Crippen MR) is 96.3 cm³/mol. The van der Waals surface area contributed by atoms with E-state index in [1.54, 1.807) is 6.92 Å². The molecule has 0 aliphatic heterocycles. The van der Waals surface area contributed by atoms with Crippen molar-refractivity contribution in [2.75, 3.05) is 18.0 Å². The molecule has 0 saturated heterocycles. The molecule has 25 heavy (non-hydrogen) atoms. The molecule has 0 atom stereocenters. The minimum Gasteiger partial charge on any atom is -0.495 e. The summed E-state index contributed by atoms with van der Waals surface area (Å²) in [6.07, 6.45) is 0. The average molecular weight is 405 g/mol. The SMILES string of the molecule is CCN(c1cccc([N+](=O)[O-])c1)S(=O)(=O)c1ccc(OC)c(Cl)c1Cl. The lowest BCUT2D eigenvalue weighted by Crippen LogP contribution is -2.31. The molecule has 0 aromatic heterocycles. The molecule has 7 nitrogen and oxygen atoms in total. The van der Waals surface area contributed by atoms with Crippen molar-refractivity contribution in [2.45, 2.75) is 11.8 Å². The van der Waals surface area contributed by atoms with E-state index in [9.17, 15) is 18.5 Å². The zero-order valence-electron chi connectivity index (χ0n) is 13.3. The van der Waals surface area contributed by atoms with Crippen LogP contribution in [0.4, 0.5) is 11.4 Å². The van der Waals surface area contributed by atoms with Crippen LogP contribution in [-0.2, 0) is 10.0 Å². The lowest BCUT2D eigenvalue weighted by atomic mass is 10.3. The van der Waals surface area contributed by atoms with Crippen molar-refractivity contribution < 1.29 is 18.1 Å². The Balaban J connectivity index is 2.59. The number of hydrogen-bond acceptors (Lipinski definition) is 5. The lowest BCUT2D eigenvalue weighted by molar-refractivity contribution is -0.384. The van der Waals surface area contributed by atoms with E-state index in [1.807, 2.05) is 0 Å². The monoisotopic (exact) mass is 404 g/mol. The summed E-state index contributed by atoms with van der Waals surface area (Å²) in [5, 5.41) is 10.7. The minimum atomic E-state index is -4.09. The number of methoxy groups -OCH3 is 1. The van der Waals surface area contributed by atoms with E-state index in [0.717, 1.165) is 4.31 Å². The number of nitrogens with zero attached hydrogens (tertiary/aromatic N) is 2. The quantitative estimate of drug-likeness (QED) is 0.533. The zero-order valence-corrected chi connectivity index (χ0v) is 15.6. The number of anilines is 1. The van der Waals surface area contributed by atoms with Gasteiger partial charge in [-0.3, -0.25) is 14.4 Å². The van der Waals surface area contributed by atoms with Crippen LogP contribution >= 0.6 is 23.2 Å². The average Bonchev–Trinajstić information content (AvgIpc) is 2.57. The fourth-order valence-electron chi connectivity index (χ4n) is 2.24. The molecule has 0 aliphatic carbocycles. The van der Waals surface area contributed by atoms with Crippen LogP contribution in [0.5, 0.6) is 5.75 Å². The van der Waals surface area contributed by atoms with E-state index in [-0.39, 0.29) is 38.6 Å². The molecule has 0 fully saturated rings. The lowest BCUT2D eigenvalue weighted by Gasteiger charge is -2.23. The van der Waals surface area contributed by atoms with Gasteiger partial charge in [-0.15, -0.1) is 0 Å². The van der Waals surface area contributed by atoms with Gasteiger partial charge < -0.3 is 4.74 Å². The van der Waals surface area contributed by atoms with Gasteiger partial charge in [0.15, 0.2) is 0 Å². The van der Waals surface area contributed by atoms with E-state index < -0.39 is 14.9 Å². The number of benzene rings is 2. The normalized spacial score (nSPS) is 11.2. The molecule has 2 rings (SSSR count). The molecule has 0 radical (unpaired) electrons. The Hall–Kier alpha value is -2.03. The molecule has 2 aromatic rings. The van der Waals surface area contributed by atoms with Crippen LogP contribution in [0.3, 0.4) is 0 Å². The first-order valence-corrected chi connectivity index (χ1v) is 9.22. The summed E-state index contributed by atoms with van der Waals surface area (Å²) >= 11 is 12.1. The van der Waals surface area contributed by atoms with E-state index in [1.165, 1.54) is 43.5 Å². The molecule has 0 aliphatic rings. The molecule has 0 N–H and O–H groups in total. The highest BCUT2D eigenvalue weighted by molar-refractivity contribution is 7.93. The molecule has 0 amide bonds. The van der Waals surface area contributed by atoms with Crippen molar-refractivity contribution in [3.05, 3.63) is 56.6 Å². The van der Waals surface area contributed by atoms with Crippen molar-refractivity contribution in [3.8, 4) is 5.75 Å². The second-order valence-electron chi connectivity index (χ2n) is 4.84. The van der Waals surface area contributed by atoms with Gasteiger partial charge in [-0.2, -0.15) is 0 Å². The smallest absolute Gasteiger partial charge is 0.271 e. The molecule has 10 heteroatoms. The Morgan fingerprint density at radius 3 is 2.44 bits per heavy atom. The Morgan fingerprint density at radius 2 is 1.88 bits per heavy atom. The van der Waals surface area contributed by atoms with Gasteiger partial charge in [0.2, 0.25) is 0 Å². The standard InChI is InChI=1S/C15H14Cl2N2O5S/c1-3-18(10-5-4-6-11(9-10)19(20)21)25(22,23)13-8-7-12(24-2)14(16)15(13)17/h4-9H,3H2,1-2H3. The molecule has 0 bridgehead atoms. The summed E-state index contributed by atoms with van der Waals surface area (Å²) in [5.41, 5.74) is -0.0651. The maximum atomic E-state index is 13.0. The Labute approximate surface area is 154 Å². The molecule has 0 unspecified atom stereocenters. The number of halogens is 2. The number of hydrogen-bond donors (Lipinski definition) is 0. The zero-order chi connectivity index (χ0) is 18.8.